The Morgan fingerprint density at radius 2 is 1.85 bits per heavy atom. The lowest BCUT2D eigenvalue weighted by Crippen LogP contribution is -1.98. The Morgan fingerprint density at radius 3 is 2.46 bits per heavy atom. The van der Waals surface area contributed by atoms with Gasteiger partial charge in [-0.2, -0.15) is 0 Å². The quantitative estimate of drug-likeness (QED) is 0.533. The van der Waals surface area contributed by atoms with Crippen LogP contribution in [0.5, 0.6) is 5.75 Å². The van der Waals surface area contributed by atoms with Crippen LogP contribution in [0, 0.1) is 0 Å². The van der Waals surface area contributed by atoms with Crippen molar-refractivity contribution in [1.82, 2.24) is 0 Å². The highest BCUT2D eigenvalue weighted by Crippen LogP contribution is 2.13. The number of aliphatic hydroxyl groups is 1. The van der Waals surface area contributed by atoms with Crippen molar-refractivity contribution in [1.29, 1.82) is 0 Å². The molecule has 3 N–H and O–H groups in total. The SMILES string of the molecule is Nc1ccc(OCCCCO)cc1. The fraction of sp³-hybridized carbons (Fsp3) is 0.400. The van der Waals surface area contributed by atoms with E-state index < -0.39 is 0 Å². The number of hydrogen-bond acceptors (Lipinski definition) is 3. The van der Waals surface area contributed by atoms with Crippen LogP contribution in [0.15, 0.2) is 24.3 Å². The van der Waals surface area contributed by atoms with Crippen molar-refractivity contribution in [3.8, 4) is 5.75 Å². The van der Waals surface area contributed by atoms with Gasteiger partial charge in [-0.25, -0.2) is 0 Å². The zero-order valence-electron chi connectivity index (χ0n) is 7.57. The highest BCUT2D eigenvalue weighted by molar-refractivity contribution is 5.41. The van der Waals surface area contributed by atoms with E-state index in [1.165, 1.54) is 0 Å². The molecular weight excluding hydrogens is 166 g/mol. The zero-order chi connectivity index (χ0) is 9.52. The lowest BCUT2D eigenvalue weighted by Gasteiger charge is -2.04. The fourth-order valence-corrected chi connectivity index (χ4v) is 0.968. The molecule has 0 heterocycles. The number of hydrogen-bond donors (Lipinski definition) is 2. The van der Waals surface area contributed by atoms with Gasteiger partial charge in [-0.3, -0.25) is 0 Å². The lowest BCUT2D eigenvalue weighted by atomic mass is 10.3. The van der Waals surface area contributed by atoms with Gasteiger partial charge in [0, 0.05) is 12.3 Å². The molecule has 1 aromatic rings. The van der Waals surface area contributed by atoms with Crippen molar-refractivity contribution in [2.45, 2.75) is 12.8 Å². The normalized spacial score (nSPS) is 9.92. The van der Waals surface area contributed by atoms with E-state index in [2.05, 4.69) is 0 Å². The average Bonchev–Trinajstić information content (AvgIpc) is 2.15. The second-order valence-electron chi connectivity index (χ2n) is 2.85. The smallest absolute Gasteiger partial charge is 0.119 e. The van der Waals surface area contributed by atoms with Crippen LogP contribution < -0.4 is 10.5 Å². The number of benzene rings is 1. The number of nitrogens with two attached hydrogens (primary N) is 1. The maximum atomic E-state index is 8.53. The summed E-state index contributed by atoms with van der Waals surface area (Å²) in [5.41, 5.74) is 6.25. The molecule has 0 amide bonds. The summed E-state index contributed by atoms with van der Waals surface area (Å²) in [6.07, 6.45) is 1.66. The number of rotatable bonds is 5. The maximum Gasteiger partial charge on any atom is 0.119 e. The number of aliphatic hydroxyl groups excluding tert-OH is 1. The molecule has 0 bridgehead atoms. The third-order valence-corrected chi connectivity index (χ3v) is 1.70. The Hall–Kier alpha value is -1.22. The second-order valence-corrected chi connectivity index (χ2v) is 2.85. The molecule has 0 aromatic heterocycles. The van der Waals surface area contributed by atoms with E-state index in [4.69, 9.17) is 15.6 Å². The zero-order valence-corrected chi connectivity index (χ0v) is 7.57. The molecule has 1 aromatic carbocycles. The van der Waals surface area contributed by atoms with E-state index in [1.54, 1.807) is 12.1 Å². The van der Waals surface area contributed by atoms with Gasteiger partial charge < -0.3 is 15.6 Å². The fourth-order valence-electron chi connectivity index (χ4n) is 0.968. The first-order chi connectivity index (χ1) is 6.33. The van der Waals surface area contributed by atoms with Crippen LogP contribution in [0.25, 0.3) is 0 Å². The largest absolute Gasteiger partial charge is 0.494 e. The Bertz CT molecular complexity index is 233. The molecule has 72 valence electrons. The van der Waals surface area contributed by atoms with Crippen LogP contribution in [0.3, 0.4) is 0 Å². The molecule has 1 rings (SSSR count). The van der Waals surface area contributed by atoms with Crippen LogP contribution in [-0.2, 0) is 0 Å². The van der Waals surface area contributed by atoms with Crippen LogP contribution in [0.4, 0.5) is 5.69 Å². The minimum absolute atomic E-state index is 0.227. The van der Waals surface area contributed by atoms with Gasteiger partial charge in [0.05, 0.1) is 6.61 Å². The first-order valence-electron chi connectivity index (χ1n) is 4.42. The summed E-state index contributed by atoms with van der Waals surface area (Å²) in [5, 5.41) is 8.53. The molecule has 0 spiro atoms. The van der Waals surface area contributed by atoms with Crippen LogP contribution in [0.1, 0.15) is 12.8 Å². The van der Waals surface area contributed by atoms with Gasteiger partial charge in [0.2, 0.25) is 0 Å². The van der Waals surface area contributed by atoms with Crippen LogP contribution >= 0.6 is 0 Å². The topological polar surface area (TPSA) is 55.5 Å². The third kappa shape index (κ3) is 3.80. The van der Waals surface area contributed by atoms with Gasteiger partial charge in [0.25, 0.3) is 0 Å². The minimum atomic E-state index is 0.227. The maximum absolute atomic E-state index is 8.53. The Balaban J connectivity index is 2.25. The summed E-state index contributed by atoms with van der Waals surface area (Å²) < 4.78 is 5.40. The highest BCUT2D eigenvalue weighted by atomic mass is 16.5. The van der Waals surface area contributed by atoms with Crippen molar-refractivity contribution in [2.24, 2.45) is 0 Å². The van der Waals surface area contributed by atoms with Crippen molar-refractivity contribution < 1.29 is 9.84 Å². The number of nitrogen functional groups attached to an aromatic ring is 1. The summed E-state index contributed by atoms with van der Waals surface area (Å²) in [5.74, 6) is 0.826. The summed E-state index contributed by atoms with van der Waals surface area (Å²) in [6.45, 7) is 0.871. The van der Waals surface area contributed by atoms with Crippen LogP contribution in [0.2, 0.25) is 0 Å². The first-order valence-corrected chi connectivity index (χ1v) is 4.42. The highest BCUT2D eigenvalue weighted by Gasteiger charge is 1.92. The van der Waals surface area contributed by atoms with Gasteiger partial charge in [-0.15, -0.1) is 0 Å². The van der Waals surface area contributed by atoms with E-state index >= 15 is 0 Å². The van der Waals surface area contributed by atoms with Crippen molar-refractivity contribution >= 4 is 5.69 Å². The molecule has 0 aliphatic heterocycles. The Morgan fingerprint density at radius 1 is 1.15 bits per heavy atom. The first kappa shape index (κ1) is 9.86. The van der Waals surface area contributed by atoms with E-state index in [0.717, 1.165) is 24.3 Å². The molecule has 3 nitrogen and oxygen atoms in total. The average molecular weight is 181 g/mol. The van der Waals surface area contributed by atoms with Crippen molar-refractivity contribution in [2.75, 3.05) is 18.9 Å². The van der Waals surface area contributed by atoms with Gasteiger partial charge in [0.15, 0.2) is 0 Å². The summed E-state index contributed by atoms with van der Waals surface area (Å²) in [6, 6.07) is 7.30. The molecule has 0 atom stereocenters. The summed E-state index contributed by atoms with van der Waals surface area (Å²) >= 11 is 0. The van der Waals surface area contributed by atoms with Crippen molar-refractivity contribution in [3.63, 3.8) is 0 Å². The predicted octanol–water partition coefficient (Wildman–Crippen LogP) is 1.42. The van der Waals surface area contributed by atoms with E-state index in [0.29, 0.717) is 6.61 Å². The molecule has 0 unspecified atom stereocenters. The second kappa shape index (κ2) is 5.43. The number of anilines is 1. The summed E-state index contributed by atoms with van der Waals surface area (Å²) in [4.78, 5) is 0. The summed E-state index contributed by atoms with van der Waals surface area (Å²) in [7, 11) is 0. The molecular formula is C10H15NO2. The Labute approximate surface area is 78.1 Å². The van der Waals surface area contributed by atoms with Gasteiger partial charge in [-0.1, -0.05) is 0 Å². The monoisotopic (exact) mass is 181 g/mol. The predicted molar refractivity (Wildman–Crippen MR) is 52.7 cm³/mol. The van der Waals surface area contributed by atoms with Gasteiger partial charge in [-0.05, 0) is 37.1 Å². The van der Waals surface area contributed by atoms with Gasteiger partial charge >= 0.3 is 0 Å². The molecule has 0 saturated carbocycles. The van der Waals surface area contributed by atoms with Crippen molar-refractivity contribution in [3.05, 3.63) is 24.3 Å². The molecule has 13 heavy (non-hydrogen) atoms. The third-order valence-electron chi connectivity index (χ3n) is 1.70. The van der Waals surface area contributed by atoms with Crippen LogP contribution in [-0.4, -0.2) is 18.3 Å². The van der Waals surface area contributed by atoms with E-state index in [-0.39, 0.29) is 6.61 Å². The lowest BCUT2D eigenvalue weighted by molar-refractivity contribution is 0.253. The molecule has 0 aliphatic rings. The van der Waals surface area contributed by atoms with E-state index in [9.17, 15) is 0 Å². The number of unbranched alkanes of at least 4 members (excludes halogenated alkanes) is 1. The van der Waals surface area contributed by atoms with E-state index in [1.807, 2.05) is 12.1 Å². The minimum Gasteiger partial charge on any atom is -0.494 e. The number of ether oxygens (including phenoxy) is 1. The molecule has 0 aliphatic carbocycles. The molecule has 3 heteroatoms. The Kier molecular flexibility index (Phi) is 4.12. The molecule has 0 radical (unpaired) electrons. The standard InChI is InChI=1S/C10H15NO2/c11-9-3-5-10(6-4-9)13-8-2-1-7-12/h3-6,12H,1-2,7-8,11H2. The molecule has 0 saturated heterocycles. The molecule has 0 fully saturated rings. The van der Waals surface area contributed by atoms with Gasteiger partial charge in [0.1, 0.15) is 5.75 Å².